The van der Waals surface area contributed by atoms with Gasteiger partial charge in [-0.25, -0.2) is 8.42 Å². The molecule has 1 atom stereocenters. The third kappa shape index (κ3) is 7.45. The maximum atomic E-state index is 13.6. The number of carbonyl (C=O) groups is 2. The number of ether oxygens (including phenoxy) is 1. The van der Waals surface area contributed by atoms with E-state index in [1.165, 1.54) is 11.3 Å². The first-order chi connectivity index (χ1) is 16.7. The average molecular weight is 502 g/mol. The number of anilines is 1. The fourth-order valence-corrected chi connectivity index (χ4v) is 5.14. The molecule has 0 saturated heterocycles. The highest BCUT2D eigenvalue weighted by Gasteiger charge is 2.31. The van der Waals surface area contributed by atoms with Crippen LogP contribution in [0.15, 0.2) is 54.6 Å². The Morgan fingerprint density at radius 1 is 1.03 bits per heavy atom. The summed E-state index contributed by atoms with van der Waals surface area (Å²) < 4.78 is 31.4. The summed E-state index contributed by atoms with van der Waals surface area (Å²) in [6.07, 6.45) is 6.26. The molecule has 9 heteroatoms. The molecule has 0 radical (unpaired) electrons. The molecule has 1 aliphatic rings. The van der Waals surface area contributed by atoms with Crippen LogP contribution in [0, 0.1) is 0 Å². The van der Waals surface area contributed by atoms with Gasteiger partial charge in [0.25, 0.3) is 0 Å². The topological polar surface area (TPSA) is 96.0 Å². The van der Waals surface area contributed by atoms with E-state index in [1.807, 2.05) is 12.1 Å². The normalized spacial score (nSPS) is 15.2. The van der Waals surface area contributed by atoms with E-state index in [4.69, 9.17) is 4.74 Å². The number of hydrogen-bond donors (Lipinski definition) is 1. The van der Waals surface area contributed by atoms with Crippen LogP contribution in [-0.4, -0.2) is 57.1 Å². The van der Waals surface area contributed by atoms with E-state index in [-0.39, 0.29) is 18.5 Å². The van der Waals surface area contributed by atoms with Crippen molar-refractivity contribution in [2.45, 2.75) is 57.7 Å². The van der Waals surface area contributed by atoms with Gasteiger partial charge in [-0.05, 0) is 49.6 Å². The molecule has 1 aliphatic carbocycles. The third-order valence-corrected chi connectivity index (χ3v) is 7.49. The van der Waals surface area contributed by atoms with Crippen molar-refractivity contribution in [3.63, 3.8) is 0 Å². The number of sulfonamides is 1. The van der Waals surface area contributed by atoms with Crippen LogP contribution in [0.5, 0.6) is 5.75 Å². The van der Waals surface area contributed by atoms with Crippen LogP contribution in [0.1, 0.15) is 44.6 Å². The van der Waals surface area contributed by atoms with E-state index in [0.29, 0.717) is 11.4 Å². The van der Waals surface area contributed by atoms with Crippen LogP contribution in [0.4, 0.5) is 5.69 Å². The van der Waals surface area contributed by atoms with E-state index < -0.39 is 28.5 Å². The Kier molecular flexibility index (Phi) is 9.14. The first-order valence-corrected chi connectivity index (χ1v) is 13.8. The number of hydrogen-bond acceptors (Lipinski definition) is 5. The average Bonchev–Trinajstić information content (AvgIpc) is 2.86. The molecule has 0 spiro atoms. The molecule has 0 heterocycles. The van der Waals surface area contributed by atoms with Crippen molar-refractivity contribution in [2.24, 2.45) is 0 Å². The minimum Gasteiger partial charge on any atom is -0.497 e. The Labute approximate surface area is 208 Å². The van der Waals surface area contributed by atoms with E-state index in [0.717, 1.165) is 41.8 Å². The number of rotatable bonds is 10. The number of para-hydroxylation sites is 1. The van der Waals surface area contributed by atoms with Crippen molar-refractivity contribution >= 4 is 27.5 Å². The van der Waals surface area contributed by atoms with Gasteiger partial charge in [0.05, 0.1) is 19.1 Å². The monoisotopic (exact) mass is 501 g/mol. The summed E-state index contributed by atoms with van der Waals surface area (Å²) >= 11 is 0. The lowest BCUT2D eigenvalue weighted by Gasteiger charge is -2.33. The number of benzene rings is 2. The predicted molar refractivity (Wildman–Crippen MR) is 137 cm³/mol. The van der Waals surface area contributed by atoms with Gasteiger partial charge in [-0.1, -0.05) is 49.6 Å². The Morgan fingerprint density at radius 2 is 1.66 bits per heavy atom. The van der Waals surface area contributed by atoms with Crippen LogP contribution in [0.25, 0.3) is 0 Å². The van der Waals surface area contributed by atoms with E-state index in [9.17, 15) is 18.0 Å². The lowest BCUT2D eigenvalue weighted by Crippen LogP contribution is -2.52. The quantitative estimate of drug-likeness (QED) is 0.539. The van der Waals surface area contributed by atoms with E-state index in [2.05, 4.69) is 5.32 Å². The maximum Gasteiger partial charge on any atom is 0.244 e. The zero-order valence-corrected chi connectivity index (χ0v) is 21.5. The molecule has 2 amide bonds. The van der Waals surface area contributed by atoms with Crippen LogP contribution >= 0.6 is 0 Å². The van der Waals surface area contributed by atoms with Crippen molar-refractivity contribution < 1.29 is 22.7 Å². The van der Waals surface area contributed by atoms with Crippen LogP contribution in [-0.2, 0) is 26.2 Å². The lowest BCUT2D eigenvalue weighted by molar-refractivity contribution is -0.139. The van der Waals surface area contributed by atoms with Gasteiger partial charge in [-0.3, -0.25) is 13.9 Å². The standard InChI is InChI=1S/C26H35N3O5S/c1-20(26(31)27-22-10-6-4-7-11-22)28(18-21-14-16-24(34-2)17-15-21)25(30)19-29(35(3,32)33)23-12-8-5-9-13-23/h5,8-9,12-17,20,22H,4,6-7,10-11,18-19H2,1-3H3,(H,27,31)/t20-/m1/s1. The second-order valence-corrected chi connectivity index (χ2v) is 10.9. The Bertz CT molecular complexity index is 1080. The molecule has 8 nitrogen and oxygen atoms in total. The van der Waals surface area contributed by atoms with Crippen molar-refractivity contribution in [3.8, 4) is 5.75 Å². The second-order valence-electron chi connectivity index (χ2n) is 8.99. The van der Waals surface area contributed by atoms with Gasteiger partial charge >= 0.3 is 0 Å². The molecule has 190 valence electrons. The summed E-state index contributed by atoms with van der Waals surface area (Å²) in [7, 11) is -2.15. The van der Waals surface area contributed by atoms with Gasteiger partial charge in [-0.2, -0.15) is 0 Å². The summed E-state index contributed by atoms with van der Waals surface area (Å²) in [6.45, 7) is 1.45. The summed E-state index contributed by atoms with van der Waals surface area (Å²) in [6, 6.07) is 15.1. The lowest BCUT2D eigenvalue weighted by atomic mass is 9.95. The minimum atomic E-state index is -3.73. The van der Waals surface area contributed by atoms with Crippen LogP contribution < -0.4 is 14.4 Å². The zero-order valence-electron chi connectivity index (χ0n) is 20.6. The molecule has 1 fully saturated rings. The van der Waals surface area contributed by atoms with Crippen molar-refractivity contribution in [1.29, 1.82) is 0 Å². The van der Waals surface area contributed by atoms with Gasteiger partial charge in [0.2, 0.25) is 21.8 Å². The summed E-state index contributed by atoms with van der Waals surface area (Å²) in [5.74, 6) is -0.00665. The fraction of sp³-hybridized carbons (Fsp3) is 0.462. The molecule has 2 aromatic rings. The second kappa shape index (κ2) is 12.1. The molecule has 0 aromatic heterocycles. The Balaban J connectivity index is 1.84. The molecule has 0 bridgehead atoms. The maximum absolute atomic E-state index is 13.6. The predicted octanol–water partition coefficient (Wildman–Crippen LogP) is 3.33. The van der Waals surface area contributed by atoms with E-state index in [1.54, 1.807) is 56.5 Å². The molecule has 0 unspecified atom stereocenters. The molecule has 3 rings (SSSR count). The zero-order chi connectivity index (χ0) is 25.4. The smallest absolute Gasteiger partial charge is 0.244 e. The molecule has 0 aliphatic heterocycles. The highest BCUT2D eigenvalue weighted by molar-refractivity contribution is 7.92. The first-order valence-electron chi connectivity index (χ1n) is 11.9. The first kappa shape index (κ1) is 26.5. The molecular weight excluding hydrogens is 466 g/mol. The fourth-order valence-electron chi connectivity index (χ4n) is 4.29. The highest BCUT2D eigenvalue weighted by Crippen LogP contribution is 2.21. The van der Waals surface area contributed by atoms with Crippen molar-refractivity contribution in [2.75, 3.05) is 24.2 Å². The van der Waals surface area contributed by atoms with Gasteiger partial charge in [-0.15, -0.1) is 0 Å². The largest absolute Gasteiger partial charge is 0.497 e. The van der Waals surface area contributed by atoms with Crippen molar-refractivity contribution in [1.82, 2.24) is 10.2 Å². The van der Waals surface area contributed by atoms with Gasteiger partial charge in [0, 0.05) is 12.6 Å². The van der Waals surface area contributed by atoms with Crippen molar-refractivity contribution in [3.05, 3.63) is 60.2 Å². The summed E-state index contributed by atoms with van der Waals surface area (Å²) in [4.78, 5) is 28.1. The molecule has 2 aromatic carbocycles. The summed E-state index contributed by atoms with van der Waals surface area (Å²) in [5.41, 5.74) is 1.20. The number of carbonyl (C=O) groups excluding carboxylic acids is 2. The van der Waals surface area contributed by atoms with Gasteiger partial charge in [0.1, 0.15) is 18.3 Å². The van der Waals surface area contributed by atoms with Gasteiger partial charge in [0.15, 0.2) is 0 Å². The summed E-state index contributed by atoms with van der Waals surface area (Å²) in [5, 5.41) is 3.09. The van der Waals surface area contributed by atoms with E-state index >= 15 is 0 Å². The minimum absolute atomic E-state index is 0.105. The molecule has 35 heavy (non-hydrogen) atoms. The number of amides is 2. The number of methoxy groups -OCH3 is 1. The van der Waals surface area contributed by atoms with Crippen LogP contribution in [0.3, 0.4) is 0 Å². The third-order valence-electron chi connectivity index (χ3n) is 6.35. The molecular formula is C26H35N3O5S. The Morgan fingerprint density at radius 3 is 2.23 bits per heavy atom. The van der Waals surface area contributed by atoms with Crippen LogP contribution in [0.2, 0.25) is 0 Å². The molecule has 1 saturated carbocycles. The Hall–Kier alpha value is -3.07. The highest BCUT2D eigenvalue weighted by atomic mass is 32.2. The molecule has 1 N–H and O–H groups in total. The number of nitrogens with zero attached hydrogens (tertiary/aromatic N) is 2. The number of nitrogens with one attached hydrogen (secondary N) is 1. The SMILES string of the molecule is COc1ccc(CN(C(=O)CN(c2ccccc2)S(C)(=O)=O)[C@H](C)C(=O)NC2CCCCC2)cc1. The van der Waals surface area contributed by atoms with Gasteiger partial charge < -0.3 is 15.0 Å².